The Morgan fingerprint density at radius 3 is 2.85 bits per heavy atom. The number of nitrogens with zero attached hydrogens (tertiary/aromatic N) is 1. The van der Waals surface area contributed by atoms with Crippen LogP contribution in [-0.2, 0) is 9.53 Å². The third-order valence-electron chi connectivity index (χ3n) is 3.12. The molecule has 0 aliphatic carbocycles. The van der Waals surface area contributed by atoms with E-state index in [4.69, 9.17) is 4.74 Å². The van der Waals surface area contributed by atoms with Crippen molar-refractivity contribution in [2.24, 2.45) is 0 Å². The molecule has 3 aromatic rings. The van der Waals surface area contributed by atoms with E-state index in [1.165, 1.54) is 0 Å². The third-order valence-corrected chi connectivity index (χ3v) is 3.12. The molecular weight excluding hydrogens is 256 g/mol. The van der Waals surface area contributed by atoms with E-state index in [9.17, 15) is 9.59 Å². The van der Waals surface area contributed by atoms with Gasteiger partial charge in [-0.05, 0) is 31.2 Å². The van der Waals surface area contributed by atoms with Gasteiger partial charge in [-0.2, -0.15) is 0 Å². The van der Waals surface area contributed by atoms with E-state index >= 15 is 0 Å². The first-order valence-electron chi connectivity index (χ1n) is 6.27. The number of Topliss-reactive ketones (excluding diaryl/α,β-unsaturated/α-hetero) is 1. The van der Waals surface area contributed by atoms with Crippen LogP contribution in [0.5, 0.6) is 0 Å². The summed E-state index contributed by atoms with van der Waals surface area (Å²) < 4.78 is 4.73. The highest BCUT2D eigenvalue weighted by Crippen LogP contribution is 2.25. The van der Waals surface area contributed by atoms with Gasteiger partial charge in [-0.25, -0.2) is 4.79 Å². The molecule has 100 valence electrons. The molecule has 5 heteroatoms. The fourth-order valence-electron chi connectivity index (χ4n) is 2.21. The molecule has 0 spiro atoms. The zero-order chi connectivity index (χ0) is 14.1. The Bertz CT molecular complexity index is 820. The normalized spacial score (nSPS) is 10.8. The van der Waals surface area contributed by atoms with Crippen molar-refractivity contribution >= 4 is 33.6 Å². The number of ketones is 1. The second-order valence-corrected chi connectivity index (χ2v) is 4.36. The van der Waals surface area contributed by atoms with Gasteiger partial charge in [0.25, 0.3) is 5.78 Å². The van der Waals surface area contributed by atoms with Crippen LogP contribution in [0.15, 0.2) is 36.7 Å². The molecule has 5 nitrogen and oxygen atoms in total. The summed E-state index contributed by atoms with van der Waals surface area (Å²) in [4.78, 5) is 30.7. The van der Waals surface area contributed by atoms with E-state index in [1.807, 2.05) is 6.07 Å². The van der Waals surface area contributed by atoms with Crippen LogP contribution in [0.2, 0.25) is 0 Å². The zero-order valence-corrected chi connectivity index (χ0v) is 10.8. The van der Waals surface area contributed by atoms with Crippen molar-refractivity contribution in [3.05, 3.63) is 42.2 Å². The van der Waals surface area contributed by atoms with Crippen molar-refractivity contribution in [2.45, 2.75) is 6.92 Å². The predicted octanol–water partition coefficient (Wildman–Crippen LogP) is 2.46. The number of rotatable bonds is 3. The number of pyridine rings is 1. The quantitative estimate of drug-likeness (QED) is 0.450. The molecule has 0 fully saturated rings. The standard InChI is InChI=1S/C15H12N2O3/c1-2-20-15(19)14(18)9-3-4-12-11(7-9)10-5-6-16-8-13(10)17-12/h3-8,17H,2H2,1H3. The minimum absolute atomic E-state index is 0.186. The highest BCUT2D eigenvalue weighted by atomic mass is 16.5. The van der Waals surface area contributed by atoms with Gasteiger partial charge in [0.15, 0.2) is 0 Å². The first kappa shape index (κ1) is 12.3. The number of aromatic nitrogens is 2. The van der Waals surface area contributed by atoms with Crippen molar-refractivity contribution in [2.75, 3.05) is 6.61 Å². The number of H-pyrrole nitrogens is 1. The van der Waals surface area contributed by atoms with Crippen LogP contribution in [0.4, 0.5) is 0 Å². The lowest BCUT2D eigenvalue weighted by atomic mass is 10.1. The fourth-order valence-corrected chi connectivity index (χ4v) is 2.21. The summed E-state index contributed by atoms with van der Waals surface area (Å²) in [7, 11) is 0. The predicted molar refractivity (Wildman–Crippen MR) is 74.6 cm³/mol. The molecule has 3 rings (SSSR count). The average molecular weight is 268 g/mol. The summed E-state index contributed by atoms with van der Waals surface area (Å²) in [5.41, 5.74) is 2.12. The number of ether oxygens (including phenoxy) is 1. The maximum atomic E-state index is 11.9. The molecule has 2 aromatic heterocycles. The maximum Gasteiger partial charge on any atom is 0.379 e. The third kappa shape index (κ3) is 1.93. The maximum absolute atomic E-state index is 11.9. The van der Waals surface area contributed by atoms with Gasteiger partial charge in [0, 0.05) is 28.0 Å². The number of fused-ring (bicyclic) bond motifs is 3. The van der Waals surface area contributed by atoms with Crippen LogP contribution < -0.4 is 0 Å². The Morgan fingerprint density at radius 1 is 1.20 bits per heavy atom. The van der Waals surface area contributed by atoms with E-state index in [0.29, 0.717) is 5.56 Å². The van der Waals surface area contributed by atoms with Crippen molar-refractivity contribution in [1.82, 2.24) is 9.97 Å². The SMILES string of the molecule is CCOC(=O)C(=O)c1ccc2[nH]c3cnccc3c2c1. The second kappa shape index (κ2) is 4.77. The Labute approximate surface area is 114 Å². The first-order chi connectivity index (χ1) is 9.70. The molecule has 1 N–H and O–H groups in total. The Hall–Kier alpha value is -2.69. The molecule has 0 bridgehead atoms. The zero-order valence-electron chi connectivity index (χ0n) is 10.8. The summed E-state index contributed by atoms with van der Waals surface area (Å²) in [6, 6.07) is 6.96. The number of carbonyl (C=O) groups excluding carboxylic acids is 2. The van der Waals surface area contributed by atoms with Crippen molar-refractivity contribution in [3.8, 4) is 0 Å². The Morgan fingerprint density at radius 2 is 2.05 bits per heavy atom. The molecule has 0 saturated carbocycles. The lowest BCUT2D eigenvalue weighted by Gasteiger charge is -2.01. The topological polar surface area (TPSA) is 72.1 Å². The lowest BCUT2D eigenvalue weighted by Crippen LogP contribution is -2.17. The first-order valence-corrected chi connectivity index (χ1v) is 6.27. The van der Waals surface area contributed by atoms with E-state index in [1.54, 1.807) is 37.5 Å². The molecule has 2 heterocycles. The highest BCUT2D eigenvalue weighted by molar-refractivity contribution is 6.41. The van der Waals surface area contributed by atoms with E-state index in [-0.39, 0.29) is 6.61 Å². The molecule has 0 saturated heterocycles. The number of nitrogens with one attached hydrogen (secondary N) is 1. The monoisotopic (exact) mass is 268 g/mol. The van der Waals surface area contributed by atoms with Crippen molar-refractivity contribution in [3.63, 3.8) is 0 Å². The summed E-state index contributed by atoms with van der Waals surface area (Å²) in [6.07, 6.45) is 3.41. The molecule has 1 aromatic carbocycles. The smallest absolute Gasteiger partial charge is 0.379 e. The van der Waals surface area contributed by atoms with E-state index in [0.717, 1.165) is 21.8 Å². The number of hydrogen-bond donors (Lipinski definition) is 1. The van der Waals surface area contributed by atoms with Crippen molar-refractivity contribution in [1.29, 1.82) is 0 Å². The number of hydrogen-bond acceptors (Lipinski definition) is 4. The summed E-state index contributed by atoms with van der Waals surface area (Å²) >= 11 is 0. The van der Waals surface area contributed by atoms with E-state index < -0.39 is 11.8 Å². The lowest BCUT2D eigenvalue weighted by molar-refractivity contribution is -0.137. The van der Waals surface area contributed by atoms with Gasteiger partial charge in [0.2, 0.25) is 0 Å². The van der Waals surface area contributed by atoms with E-state index in [2.05, 4.69) is 9.97 Å². The van der Waals surface area contributed by atoms with Gasteiger partial charge in [-0.15, -0.1) is 0 Å². The number of aromatic amines is 1. The molecule has 20 heavy (non-hydrogen) atoms. The largest absolute Gasteiger partial charge is 0.460 e. The summed E-state index contributed by atoms with van der Waals surface area (Å²) in [6.45, 7) is 1.85. The van der Waals surface area contributed by atoms with Gasteiger partial charge in [0.05, 0.1) is 18.3 Å². The van der Waals surface area contributed by atoms with Crippen LogP contribution in [-0.4, -0.2) is 28.3 Å². The minimum atomic E-state index is -0.826. The second-order valence-electron chi connectivity index (χ2n) is 4.36. The number of benzene rings is 1. The average Bonchev–Trinajstić information content (AvgIpc) is 2.84. The molecule has 0 radical (unpaired) electrons. The number of esters is 1. The molecule has 0 aliphatic heterocycles. The summed E-state index contributed by atoms with van der Waals surface area (Å²) in [5.74, 6) is -1.45. The van der Waals surface area contributed by atoms with Gasteiger partial charge >= 0.3 is 5.97 Å². The van der Waals surface area contributed by atoms with Crippen LogP contribution in [0.1, 0.15) is 17.3 Å². The Kier molecular flexibility index (Phi) is 2.95. The fraction of sp³-hybridized carbons (Fsp3) is 0.133. The summed E-state index contributed by atoms with van der Waals surface area (Å²) in [5, 5.41) is 1.85. The van der Waals surface area contributed by atoms with Gasteiger partial charge in [-0.1, -0.05) is 0 Å². The van der Waals surface area contributed by atoms with Crippen LogP contribution >= 0.6 is 0 Å². The van der Waals surface area contributed by atoms with Gasteiger partial charge < -0.3 is 9.72 Å². The van der Waals surface area contributed by atoms with Crippen molar-refractivity contribution < 1.29 is 14.3 Å². The van der Waals surface area contributed by atoms with Crippen LogP contribution in [0, 0.1) is 0 Å². The molecule has 0 unspecified atom stereocenters. The number of carbonyl (C=O) groups is 2. The highest BCUT2D eigenvalue weighted by Gasteiger charge is 2.18. The van der Waals surface area contributed by atoms with Crippen LogP contribution in [0.25, 0.3) is 21.8 Å². The molecule has 0 atom stereocenters. The Balaban J connectivity index is 2.12. The molecule has 0 aliphatic rings. The van der Waals surface area contributed by atoms with Crippen LogP contribution in [0.3, 0.4) is 0 Å². The molecular formula is C15H12N2O3. The molecule has 0 amide bonds. The van der Waals surface area contributed by atoms with Gasteiger partial charge in [0.1, 0.15) is 0 Å². The van der Waals surface area contributed by atoms with Gasteiger partial charge in [-0.3, -0.25) is 9.78 Å². The minimum Gasteiger partial charge on any atom is -0.460 e.